The van der Waals surface area contributed by atoms with Crippen LogP contribution in [0.3, 0.4) is 0 Å². The van der Waals surface area contributed by atoms with E-state index in [0.29, 0.717) is 10.6 Å². The molecule has 0 spiro atoms. The SMILES string of the molecule is CCc1cccc2c(Cl)c(C(=O)OC)cnc12. The Labute approximate surface area is 104 Å². The molecule has 2 rings (SSSR count). The van der Waals surface area contributed by atoms with Gasteiger partial charge in [-0.2, -0.15) is 0 Å². The molecule has 0 atom stereocenters. The summed E-state index contributed by atoms with van der Waals surface area (Å²) < 4.78 is 4.66. The average Bonchev–Trinajstić information content (AvgIpc) is 2.38. The molecule has 1 aromatic heterocycles. The number of fused-ring (bicyclic) bond motifs is 1. The quantitative estimate of drug-likeness (QED) is 0.767. The van der Waals surface area contributed by atoms with Gasteiger partial charge in [0.2, 0.25) is 0 Å². The Hall–Kier alpha value is -1.61. The van der Waals surface area contributed by atoms with E-state index in [1.54, 1.807) is 0 Å². The highest BCUT2D eigenvalue weighted by molar-refractivity contribution is 6.38. The van der Waals surface area contributed by atoms with Gasteiger partial charge in [-0.15, -0.1) is 0 Å². The molecule has 1 aromatic carbocycles. The summed E-state index contributed by atoms with van der Waals surface area (Å²) in [4.78, 5) is 15.8. The molecule has 1 heterocycles. The van der Waals surface area contributed by atoms with Crippen molar-refractivity contribution in [2.75, 3.05) is 7.11 Å². The van der Waals surface area contributed by atoms with Gasteiger partial charge in [0.25, 0.3) is 0 Å². The number of aryl methyl sites for hydroxylation is 1. The molecule has 0 fully saturated rings. The minimum Gasteiger partial charge on any atom is -0.465 e. The van der Waals surface area contributed by atoms with Crippen molar-refractivity contribution < 1.29 is 9.53 Å². The highest BCUT2D eigenvalue weighted by atomic mass is 35.5. The third-order valence-corrected chi connectivity index (χ3v) is 3.11. The maximum atomic E-state index is 11.5. The number of carbonyl (C=O) groups excluding carboxylic acids is 1. The Bertz CT molecular complexity index is 581. The molecule has 0 saturated carbocycles. The highest BCUT2D eigenvalue weighted by Gasteiger charge is 2.15. The zero-order valence-electron chi connectivity index (χ0n) is 9.66. The van der Waals surface area contributed by atoms with Gasteiger partial charge in [-0.1, -0.05) is 36.7 Å². The van der Waals surface area contributed by atoms with Gasteiger partial charge in [0, 0.05) is 11.6 Å². The van der Waals surface area contributed by atoms with Crippen LogP contribution in [0, 0.1) is 0 Å². The number of carbonyl (C=O) groups is 1. The number of ether oxygens (including phenoxy) is 1. The Balaban J connectivity index is 2.72. The Morgan fingerprint density at radius 1 is 1.47 bits per heavy atom. The summed E-state index contributed by atoms with van der Waals surface area (Å²) in [6.07, 6.45) is 2.34. The van der Waals surface area contributed by atoms with Crippen molar-refractivity contribution in [1.29, 1.82) is 0 Å². The van der Waals surface area contributed by atoms with E-state index < -0.39 is 5.97 Å². The van der Waals surface area contributed by atoms with E-state index in [1.807, 2.05) is 18.2 Å². The molecule has 0 aliphatic rings. The van der Waals surface area contributed by atoms with Crippen LogP contribution in [0.2, 0.25) is 5.02 Å². The molecule has 17 heavy (non-hydrogen) atoms. The molecule has 0 radical (unpaired) electrons. The van der Waals surface area contributed by atoms with Crippen molar-refractivity contribution in [3.8, 4) is 0 Å². The number of nitrogens with zero attached hydrogens (tertiary/aromatic N) is 1. The lowest BCUT2D eigenvalue weighted by molar-refractivity contribution is 0.0600. The summed E-state index contributed by atoms with van der Waals surface area (Å²) >= 11 is 6.20. The number of para-hydroxylation sites is 1. The molecule has 0 N–H and O–H groups in total. The lowest BCUT2D eigenvalue weighted by Crippen LogP contribution is -2.03. The number of halogens is 1. The topological polar surface area (TPSA) is 39.2 Å². The summed E-state index contributed by atoms with van der Waals surface area (Å²) in [5.74, 6) is -0.466. The van der Waals surface area contributed by atoms with Crippen LogP contribution < -0.4 is 0 Å². The van der Waals surface area contributed by atoms with Gasteiger partial charge in [0.15, 0.2) is 0 Å². The van der Waals surface area contributed by atoms with E-state index in [-0.39, 0.29) is 0 Å². The number of aromatic nitrogens is 1. The molecule has 88 valence electrons. The fourth-order valence-electron chi connectivity index (χ4n) is 1.79. The van der Waals surface area contributed by atoms with E-state index in [1.165, 1.54) is 13.3 Å². The number of hydrogen-bond donors (Lipinski definition) is 0. The zero-order chi connectivity index (χ0) is 12.4. The highest BCUT2D eigenvalue weighted by Crippen LogP contribution is 2.28. The van der Waals surface area contributed by atoms with Crippen LogP contribution in [-0.4, -0.2) is 18.1 Å². The summed E-state index contributed by atoms with van der Waals surface area (Å²) in [5.41, 5.74) is 2.25. The number of rotatable bonds is 2. The second-order valence-corrected chi connectivity index (χ2v) is 4.02. The first-order valence-electron chi connectivity index (χ1n) is 5.33. The van der Waals surface area contributed by atoms with Crippen LogP contribution in [0.5, 0.6) is 0 Å². The van der Waals surface area contributed by atoms with E-state index in [0.717, 1.165) is 22.9 Å². The third-order valence-electron chi connectivity index (χ3n) is 2.70. The van der Waals surface area contributed by atoms with E-state index in [2.05, 4.69) is 16.6 Å². The molecular weight excluding hydrogens is 238 g/mol. The smallest absolute Gasteiger partial charge is 0.340 e. The van der Waals surface area contributed by atoms with E-state index in [9.17, 15) is 4.79 Å². The van der Waals surface area contributed by atoms with Gasteiger partial charge >= 0.3 is 5.97 Å². The molecule has 0 aliphatic heterocycles. The van der Waals surface area contributed by atoms with Gasteiger partial charge in [-0.25, -0.2) is 4.79 Å². The lowest BCUT2D eigenvalue weighted by Gasteiger charge is -2.08. The molecule has 4 heteroatoms. The predicted molar refractivity (Wildman–Crippen MR) is 67.5 cm³/mol. The third kappa shape index (κ3) is 1.98. The Morgan fingerprint density at radius 2 is 2.24 bits per heavy atom. The van der Waals surface area contributed by atoms with Crippen molar-refractivity contribution >= 4 is 28.5 Å². The van der Waals surface area contributed by atoms with Crippen LogP contribution in [0.25, 0.3) is 10.9 Å². The largest absolute Gasteiger partial charge is 0.465 e. The van der Waals surface area contributed by atoms with Gasteiger partial charge in [0.05, 0.1) is 23.2 Å². The molecule has 0 saturated heterocycles. The number of pyridine rings is 1. The number of methoxy groups -OCH3 is 1. The summed E-state index contributed by atoms with van der Waals surface area (Å²) in [7, 11) is 1.32. The summed E-state index contributed by atoms with van der Waals surface area (Å²) in [6, 6.07) is 5.77. The van der Waals surface area contributed by atoms with Gasteiger partial charge in [-0.05, 0) is 12.0 Å². The first-order valence-corrected chi connectivity index (χ1v) is 5.71. The molecule has 0 unspecified atom stereocenters. The van der Waals surface area contributed by atoms with Crippen molar-refractivity contribution in [3.05, 3.63) is 40.5 Å². The standard InChI is InChI=1S/C13H12ClNO2/c1-3-8-5-4-6-9-11(14)10(13(16)17-2)7-15-12(8)9/h4-7H,3H2,1-2H3. The average molecular weight is 250 g/mol. The molecule has 0 aliphatic carbocycles. The molecular formula is C13H12ClNO2. The molecule has 0 bridgehead atoms. The Morgan fingerprint density at radius 3 is 2.88 bits per heavy atom. The number of esters is 1. The maximum Gasteiger partial charge on any atom is 0.340 e. The van der Waals surface area contributed by atoms with Crippen molar-refractivity contribution in [1.82, 2.24) is 4.98 Å². The first kappa shape index (κ1) is 11.9. The zero-order valence-corrected chi connectivity index (χ0v) is 10.4. The first-order chi connectivity index (χ1) is 8.19. The molecule has 3 nitrogen and oxygen atoms in total. The van der Waals surface area contributed by atoms with Crippen LogP contribution >= 0.6 is 11.6 Å². The normalized spacial score (nSPS) is 10.5. The Kier molecular flexibility index (Phi) is 3.29. The monoisotopic (exact) mass is 249 g/mol. The van der Waals surface area contributed by atoms with E-state index >= 15 is 0 Å². The van der Waals surface area contributed by atoms with Gasteiger partial charge < -0.3 is 4.74 Å². The van der Waals surface area contributed by atoms with Crippen LogP contribution in [0.4, 0.5) is 0 Å². The minimum absolute atomic E-state index is 0.301. The fraction of sp³-hybridized carbons (Fsp3) is 0.231. The van der Waals surface area contributed by atoms with Crippen LogP contribution in [-0.2, 0) is 11.2 Å². The predicted octanol–water partition coefficient (Wildman–Crippen LogP) is 3.24. The van der Waals surface area contributed by atoms with Gasteiger partial charge in [-0.3, -0.25) is 4.98 Å². The fourth-order valence-corrected chi connectivity index (χ4v) is 2.07. The molecule has 2 aromatic rings. The van der Waals surface area contributed by atoms with Crippen molar-refractivity contribution in [3.63, 3.8) is 0 Å². The number of benzene rings is 1. The van der Waals surface area contributed by atoms with Crippen LogP contribution in [0.15, 0.2) is 24.4 Å². The summed E-state index contributed by atoms with van der Waals surface area (Å²) in [5, 5.41) is 1.19. The number of hydrogen-bond acceptors (Lipinski definition) is 3. The summed E-state index contributed by atoms with van der Waals surface area (Å²) in [6.45, 7) is 2.05. The lowest BCUT2D eigenvalue weighted by atomic mass is 10.1. The van der Waals surface area contributed by atoms with Gasteiger partial charge in [0.1, 0.15) is 0 Å². The van der Waals surface area contributed by atoms with Crippen molar-refractivity contribution in [2.24, 2.45) is 0 Å². The second kappa shape index (κ2) is 4.72. The van der Waals surface area contributed by atoms with E-state index in [4.69, 9.17) is 11.6 Å². The van der Waals surface area contributed by atoms with Crippen LogP contribution in [0.1, 0.15) is 22.8 Å². The minimum atomic E-state index is -0.466. The second-order valence-electron chi connectivity index (χ2n) is 3.64. The van der Waals surface area contributed by atoms with Crippen molar-refractivity contribution in [2.45, 2.75) is 13.3 Å². The molecule has 0 amide bonds. The maximum absolute atomic E-state index is 11.5.